The Morgan fingerprint density at radius 1 is 1.00 bits per heavy atom. The molecule has 166 valence electrons. The third-order valence-corrected chi connectivity index (χ3v) is 6.36. The average molecular weight is 452 g/mol. The van der Waals surface area contributed by atoms with E-state index in [0.717, 1.165) is 44.0 Å². The molecule has 4 rings (SSSR count). The fourth-order valence-electron chi connectivity index (χ4n) is 3.63. The summed E-state index contributed by atoms with van der Waals surface area (Å²) in [4.78, 5) is 27.7. The van der Waals surface area contributed by atoms with Crippen molar-refractivity contribution in [1.82, 2.24) is 15.7 Å². The molecule has 0 spiro atoms. The molecule has 0 unspecified atom stereocenters. The van der Waals surface area contributed by atoms with Gasteiger partial charge in [-0.05, 0) is 40.3 Å². The highest BCUT2D eigenvalue weighted by Gasteiger charge is 2.24. The number of ether oxygens (including phenoxy) is 1. The lowest BCUT2D eigenvalue weighted by Gasteiger charge is -2.26. The summed E-state index contributed by atoms with van der Waals surface area (Å²) in [5, 5.41) is 13.5. The minimum atomic E-state index is -0.953. The van der Waals surface area contributed by atoms with Gasteiger partial charge in [-0.25, -0.2) is 5.48 Å². The number of nitrogens with one attached hydrogen (secondary N) is 2. The van der Waals surface area contributed by atoms with Gasteiger partial charge in [0.15, 0.2) is 0 Å². The summed E-state index contributed by atoms with van der Waals surface area (Å²) in [7, 11) is 0. The van der Waals surface area contributed by atoms with Crippen LogP contribution in [0.3, 0.4) is 0 Å². The van der Waals surface area contributed by atoms with E-state index in [1.165, 1.54) is 16.9 Å². The van der Waals surface area contributed by atoms with E-state index < -0.39 is 11.9 Å². The average Bonchev–Trinajstić information content (AvgIpc) is 3.38. The van der Waals surface area contributed by atoms with Crippen LogP contribution < -0.4 is 10.8 Å². The Balaban J connectivity index is 1.41. The first-order chi connectivity index (χ1) is 15.6. The Kier molecular flexibility index (Phi) is 7.28. The van der Waals surface area contributed by atoms with Crippen LogP contribution in [-0.4, -0.2) is 48.2 Å². The molecule has 1 aliphatic rings. The van der Waals surface area contributed by atoms with Crippen molar-refractivity contribution >= 4 is 23.2 Å². The largest absolute Gasteiger partial charge is 0.379 e. The lowest BCUT2D eigenvalue weighted by Crippen LogP contribution is -2.38. The van der Waals surface area contributed by atoms with Crippen molar-refractivity contribution in [1.29, 1.82) is 0 Å². The number of carbonyl (C=O) groups is 2. The van der Waals surface area contributed by atoms with Crippen LogP contribution in [0.4, 0.5) is 0 Å². The number of carbonyl (C=O) groups excluding carboxylic acids is 2. The van der Waals surface area contributed by atoms with Crippen LogP contribution in [0, 0.1) is 0 Å². The van der Waals surface area contributed by atoms with Crippen LogP contribution in [0.2, 0.25) is 0 Å². The minimum Gasteiger partial charge on any atom is -0.379 e. The second kappa shape index (κ2) is 10.5. The van der Waals surface area contributed by atoms with Crippen molar-refractivity contribution in [3.8, 4) is 11.1 Å². The van der Waals surface area contributed by atoms with E-state index in [1.54, 1.807) is 35.1 Å². The zero-order valence-corrected chi connectivity index (χ0v) is 18.3. The first-order valence-corrected chi connectivity index (χ1v) is 11.3. The third kappa shape index (κ3) is 5.41. The Morgan fingerprint density at radius 2 is 1.66 bits per heavy atom. The van der Waals surface area contributed by atoms with Crippen LogP contribution in [0.25, 0.3) is 11.1 Å². The molecule has 0 aliphatic carbocycles. The summed E-state index contributed by atoms with van der Waals surface area (Å²) in [6.07, 6.45) is 0. The van der Waals surface area contributed by atoms with Crippen molar-refractivity contribution < 1.29 is 19.5 Å². The van der Waals surface area contributed by atoms with Crippen LogP contribution in [0.1, 0.15) is 26.8 Å². The second-order valence-corrected chi connectivity index (χ2v) is 8.54. The maximum absolute atomic E-state index is 12.7. The molecule has 0 bridgehead atoms. The Labute approximate surface area is 190 Å². The van der Waals surface area contributed by atoms with Crippen molar-refractivity contribution in [2.24, 2.45) is 0 Å². The molecule has 0 saturated carbocycles. The van der Waals surface area contributed by atoms with Crippen molar-refractivity contribution in [2.45, 2.75) is 12.6 Å². The lowest BCUT2D eigenvalue weighted by atomic mass is 10.0. The molecule has 1 fully saturated rings. The predicted octanol–water partition coefficient (Wildman–Crippen LogP) is 3.22. The molecule has 1 atom stereocenters. The summed E-state index contributed by atoms with van der Waals surface area (Å²) < 4.78 is 5.40. The van der Waals surface area contributed by atoms with Gasteiger partial charge in [0, 0.05) is 30.1 Å². The van der Waals surface area contributed by atoms with Crippen LogP contribution in [-0.2, 0) is 16.1 Å². The quantitative estimate of drug-likeness (QED) is 0.379. The van der Waals surface area contributed by atoms with Gasteiger partial charge >= 0.3 is 0 Å². The van der Waals surface area contributed by atoms with E-state index in [2.05, 4.69) is 34.5 Å². The van der Waals surface area contributed by atoms with Gasteiger partial charge in [-0.1, -0.05) is 42.5 Å². The second-order valence-electron chi connectivity index (χ2n) is 7.56. The number of benzene rings is 2. The SMILES string of the molecule is O=C(N[C@H](C(=O)NO)c1cccs1)c1ccc(-c2ccc(CN3CCOCC3)cc2)cc1. The maximum atomic E-state index is 12.7. The molecule has 2 amide bonds. The van der Waals surface area contributed by atoms with E-state index in [0.29, 0.717) is 10.4 Å². The van der Waals surface area contributed by atoms with Crippen molar-refractivity contribution in [3.63, 3.8) is 0 Å². The summed E-state index contributed by atoms with van der Waals surface area (Å²) in [6, 6.07) is 18.2. The molecule has 8 heteroatoms. The topological polar surface area (TPSA) is 90.9 Å². The fourth-order valence-corrected chi connectivity index (χ4v) is 4.41. The van der Waals surface area contributed by atoms with Gasteiger partial charge in [0.25, 0.3) is 11.8 Å². The van der Waals surface area contributed by atoms with Gasteiger partial charge in [0.05, 0.1) is 13.2 Å². The number of thiophene rings is 1. The number of hydroxylamine groups is 1. The zero-order chi connectivity index (χ0) is 22.3. The van der Waals surface area contributed by atoms with Gasteiger partial charge in [0.2, 0.25) is 0 Å². The number of hydrogen-bond donors (Lipinski definition) is 3. The molecule has 1 aliphatic heterocycles. The first-order valence-electron chi connectivity index (χ1n) is 10.4. The van der Waals surface area contributed by atoms with E-state index in [9.17, 15) is 9.59 Å². The van der Waals surface area contributed by atoms with Gasteiger partial charge < -0.3 is 10.1 Å². The van der Waals surface area contributed by atoms with Crippen molar-refractivity contribution in [3.05, 3.63) is 82.0 Å². The van der Waals surface area contributed by atoms with E-state index in [1.807, 2.05) is 12.1 Å². The molecular weight excluding hydrogens is 426 g/mol. The summed E-state index contributed by atoms with van der Waals surface area (Å²) in [6.45, 7) is 4.40. The normalized spacial score (nSPS) is 15.2. The van der Waals surface area contributed by atoms with Crippen molar-refractivity contribution in [2.75, 3.05) is 26.3 Å². The Morgan fingerprint density at radius 3 is 2.25 bits per heavy atom. The molecule has 1 aromatic heterocycles. The fraction of sp³-hybridized carbons (Fsp3) is 0.250. The maximum Gasteiger partial charge on any atom is 0.271 e. The summed E-state index contributed by atoms with van der Waals surface area (Å²) in [5.41, 5.74) is 5.38. The molecule has 3 N–H and O–H groups in total. The van der Waals surface area contributed by atoms with Crippen LogP contribution >= 0.6 is 11.3 Å². The highest BCUT2D eigenvalue weighted by atomic mass is 32.1. The molecule has 2 aromatic carbocycles. The summed E-state index contributed by atoms with van der Waals surface area (Å²) >= 11 is 1.33. The molecule has 2 heterocycles. The molecular formula is C24H25N3O4S. The predicted molar refractivity (Wildman–Crippen MR) is 122 cm³/mol. The minimum absolute atomic E-state index is 0.389. The number of rotatable bonds is 7. The molecule has 1 saturated heterocycles. The Bertz CT molecular complexity index is 1030. The van der Waals surface area contributed by atoms with Gasteiger partial charge in [-0.15, -0.1) is 11.3 Å². The molecule has 0 radical (unpaired) electrons. The zero-order valence-electron chi connectivity index (χ0n) is 17.5. The monoisotopic (exact) mass is 451 g/mol. The number of nitrogens with zero attached hydrogens (tertiary/aromatic N) is 1. The smallest absolute Gasteiger partial charge is 0.271 e. The molecule has 3 aromatic rings. The van der Waals surface area contributed by atoms with E-state index in [4.69, 9.17) is 9.94 Å². The highest BCUT2D eigenvalue weighted by Crippen LogP contribution is 2.23. The summed E-state index contributed by atoms with van der Waals surface area (Å²) in [5.74, 6) is -1.08. The van der Waals surface area contributed by atoms with E-state index >= 15 is 0 Å². The van der Waals surface area contributed by atoms with Gasteiger partial charge in [0.1, 0.15) is 6.04 Å². The van der Waals surface area contributed by atoms with E-state index in [-0.39, 0.29) is 5.91 Å². The number of hydrogen-bond acceptors (Lipinski definition) is 6. The molecule has 32 heavy (non-hydrogen) atoms. The first kappa shape index (κ1) is 22.2. The molecule has 7 nitrogen and oxygen atoms in total. The van der Waals surface area contributed by atoms with Crippen LogP contribution in [0.5, 0.6) is 0 Å². The third-order valence-electron chi connectivity index (χ3n) is 5.42. The number of morpholine rings is 1. The number of amides is 2. The van der Waals surface area contributed by atoms with Crippen LogP contribution in [0.15, 0.2) is 66.0 Å². The standard InChI is InChI=1S/C24H25N3O4S/c28-23(25-22(24(29)26-30)21-2-1-15-32-21)20-9-7-19(8-10-20)18-5-3-17(4-6-18)16-27-11-13-31-14-12-27/h1-10,15,22,30H,11-14,16H2,(H,25,28)(H,26,29)/t22-/m0/s1. The van der Waals surface area contributed by atoms with Gasteiger partial charge in [-0.2, -0.15) is 0 Å². The lowest BCUT2D eigenvalue weighted by molar-refractivity contribution is -0.131. The van der Waals surface area contributed by atoms with Gasteiger partial charge in [-0.3, -0.25) is 19.7 Å². The Hall–Kier alpha value is -3.04. The highest BCUT2D eigenvalue weighted by molar-refractivity contribution is 7.10.